The largest absolute Gasteiger partial charge is 0.369 e. The molecule has 0 bridgehead atoms. The molecule has 0 aliphatic carbocycles. The van der Waals surface area contributed by atoms with Crippen molar-refractivity contribution in [3.63, 3.8) is 0 Å². The highest BCUT2D eigenvalue weighted by molar-refractivity contribution is 5.77. The number of nitrogens with one attached hydrogen (secondary N) is 1. The standard InChI is InChI=1S/C26H31N7O2/c1-17-23(18(2)33-26(31-17)22(12-27)14-30-33)8-9-24(34)29-13-19-5-3-6-20(11-19)15-32-10-4-7-21(16-32)25(28)35/h3,5-6,11,14,21H,4,7-10,13,15-16H2,1-2H3,(H2,28,35)(H,29,34). The molecule has 9 heteroatoms. The van der Waals surface area contributed by atoms with E-state index in [-0.39, 0.29) is 17.7 Å². The highest BCUT2D eigenvalue weighted by Gasteiger charge is 2.23. The minimum atomic E-state index is -0.219. The first-order chi connectivity index (χ1) is 16.9. The molecule has 0 radical (unpaired) electrons. The molecule has 0 spiro atoms. The number of hydrogen-bond donors (Lipinski definition) is 2. The van der Waals surface area contributed by atoms with E-state index in [1.54, 1.807) is 4.52 Å². The third-order valence-corrected chi connectivity index (χ3v) is 6.73. The topological polar surface area (TPSA) is 129 Å². The van der Waals surface area contributed by atoms with Gasteiger partial charge in [-0.2, -0.15) is 10.4 Å². The van der Waals surface area contributed by atoms with Gasteiger partial charge in [-0.25, -0.2) is 9.50 Å². The zero-order valence-corrected chi connectivity index (χ0v) is 20.3. The average Bonchev–Trinajstić information content (AvgIpc) is 3.26. The van der Waals surface area contributed by atoms with E-state index in [1.807, 2.05) is 26.0 Å². The van der Waals surface area contributed by atoms with Crippen molar-refractivity contribution in [1.82, 2.24) is 24.8 Å². The molecule has 0 saturated carbocycles. The Morgan fingerprint density at radius 3 is 2.86 bits per heavy atom. The molecule has 1 aliphatic rings. The van der Waals surface area contributed by atoms with Gasteiger partial charge < -0.3 is 11.1 Å². The number of rotatable bonds is 8. The number of fused-ring (bicyclic) bond motifs is 1. The van der Waals surface area contributed by atoms with Gasteiger partial charge in [-0.1, -0.05) is 24.3 Å². The number of nitrogens with zero attached hydrogens (tertiary/aromatic N) is 5. The van der Waals surface area contributed by atoms with E-state index in [2.05, 4.69) is 38.5 Å². The van der Waals surface area contributed by atoms with E-state index in [4.69, 9.17) is 5.73 Å². The van der Waals surface area contributed by atoms with Crippen LogP contribution in [0.1, 0.15) is 52.9 Å². The molecule has 3 N–H and O–H groups in total. The number of carbonyl (C=O) groups excluding carboxylic acids is 2. The average molecular weight is 474 g/mol. The van der Waals surface area contributed by atoms with Crippen LogP contribution in [0.5, 0.6) is 0 Å². The van der Waals surface area contributed by atoms with Crippen LogP contribution in [-0.2, 0) is 29.1 Å². The quantitative estimate of drug-likeness (QED) is 0.516. The zero-order chi connectivity index (χ0) is 24.9. The molecule has 3 heterocycles. The number of benzene rings is 1. The van der Waals surface area contributed by atoms with E-state index < -0.39 is 0 Å². The molecular weight excluding hydrogens is 442 g/mol. The number of piperidine rings is 1. The normalized spacial score (nSPS) is 16.2. The minimum Gasteiger partial charge on any atom is -0.369 e. The van der Waals surface area contributed by atoms with Crippen LogP contribution < -0.4 is 11.1 Å². The molecule has 1 fully saturated rings. The molecule has 1 unspecified atom stereocenters. The second-order valence-corrected chi connectivity index (χ2v) is 9.24. The van der Waals surface area contributed by atoms with Crippen LogP contribution >= 0.6 is 0 Å². The Morgan fingerprint density at radius 2 is 2.09 bits per heavy atom. The van der Waals surface area contributed by atoms with Crippen molar-refractivity contribution in [2.75, 3.05) is 13.1 Å². The van der Waals surface area contributed by atoms with Crippen LogP contribution in [0.15, 0.2) is 30.5 Å². The number of aryl methyl sites for hydroxylation is 2. The van der Waals surface area contributed by atoms with Crippen molar-refractivity contribution >= 4 is 17.5 Å². The van der Waals surface area contributed by atoms with Gasteiger partial charge in [0.1, 0.15) is 11.6 Å². The lowest BCUT2D eigenvalue weighted by Gasteiger charge is -2.31. The van der Waals surface area contributed by atoms with Crippen molar-refractivity contribution in [2.24, 2.45) is 11.7 Å². The Labute approximate surface area is 204 Å². The second kappa shape index (κ2) is 10.7. The zero-order valence-electron chi connectivity index (χ0n) is 20.3. The Bertz CT molecular complexity index is 1290. The summed E-state index contributed by atoms with van der Waals surface area (Å²) in [7, 11) is 0. The molecule has 1 aliphatic heterocycles. The van der Waals surface area contributed by atoms with Gasteiger partial charge in [0.25, 0.3) is 0 Å². The third-order valence-electron chi connectivity index (χ3n) is 6.73. The molecule has 9 nitrogen and oxygen atoms in total. The summed E-state index contributed by atoms with van der Waals surface area (Å²) in [4.78, 5) is 30.9. The first kappa shape index (κ1) is 24.4. The number of hydrogen-bond acceptors (Lipinski definition) is 6. The summed E-state index contributed by atoms with van der Waals surface area (Å²) in [5, 5.41) is 16.5. The van der Waals surface area contributed by atoms with Gasteiger partial charge in [-0.3, -0.25) is 14.5 Å². The van der Waals surface area contributed by atoms with Gasteiger partial charge in [0.2, 0.25) is 11.8 Å². The maximum atomic E-state index is 12.6. The summed E-state index contributed by atoms with van der Waals surface area (Å²) in [5.74, 6) is -0.326. The van der Waals surface area contributed by atoms with Crippen molar-refractivity contribution in [3.8, 4) is 6.07 Å². The van der Waals surface area contributed by atoms with Crippen molar-refractivity contribution in [2.45, 2.75) is 52.6 Å². The fourth-order valence-electron chi connectivity index (χ4n) is 4.81. The first-order valence-electron chi connectivity index (χ1n) is 12.0. The lowest BCUT2D eigenvalue weighted by Crippen LogP contribution is -2.40. The monoisotopic (exact) mass is 473 g/mol. The van der Waals surface area contributed by atoms with Crippen molar-refractivity contribution in [3.05, 3.63) is 64.1 Å². The first-order valence-corrected chi connectivity index (χ1v) is 12.0. The van der Waals surface area contributed by atoms with Crippen LogP contribution in [0.3, 0.4) is 0 Å². The summed E-state index contributed by atoms with van der Waals surface area (Å²) in [5.41, 5.74) is 11.4. The van der Waals surface area contributed by atoms with Crippen LogP contribution in [0.25, 0.3) is 5.65 Å². The Morgan fingerprint density at radius 1 is 1.29 bits per heavy atom. The van der Waals surface area contributed by atoms with Gasteiger partial charge >= 0.3 is 0 Å². The molecule has 2 aromatic heterocycles. The summed E-state index contributed by atoms with van der Waals surface area (Å²) in [6.45, 7) is 6.71. The summed E-state index contributed by atoms with van der Waals surface area (Å²) in [6, 6.07) is 10.3. The van der Waals surface area contributed by atoms with Crippen molar-refractivity contribution < 1.29 is 9.59 Å². The second-order valence-electron chi connectivity index (χ2n) is 9.24. The Balaban J connectivity index is 1.32. The van der Waals surface area contributed by atoms with Crippen LogP contribution in [0, 0.1) is 31.1 Å². The number of primary amides is 1. The molecular formula is C26H31N7O2. The summed E-state index contributed by atoms with van der Waals surface area (Å²) < 4.78 is 1.66. The predicted molar refractivity (Wildman–Crippen MR) is 131 cm³/mol. The molecule has 35 heavy (non-hydrogen) atoms. The SMILES string of the molecule is Cc1nc2c(C#N)cnn2c(C)c1CCC(=O)NCc1cccc(CN2CCCC(C(N)=O)C2)c1. The number of likely N-dealkylation sites (tertiary alicyclic amines) is 1. The number of nitriles is 1. The van der Waals surface area contributed by atoms with E-state index in [0.29, 0.717) is 37.1 Å². The van der Waals surface area contributed by atoms with Crippen LogP contribution in [0.2, 0.25) is 0 Å². The van der Waals surface area contributed by atoms with Gasteiger partial charge in [0.05, 0.1) is 12.1 Å². The third kappa shape index (κ3) is 5.66. The Hall–Kier alpha value is -3.77. The Kier molecular flexibility index (Phi) is 7.42. The molecule has 3 aromatic rings. The van der Waals surface area contributed by atoms with Gasteiger partial charge in [0, 0.05) is 37.4 Å². The fraction of sp³-hybridized carbons (Fsp3) is 0.423. The number of aromatic nitrogens is 3. The maximum Gasteiger partial charge on any atom is 0.221 e. The lowest BCUT2D eigenvalue weighted by atomic mass is 9.97. The molecule has 1 aromatic carbocycles. The lowest BCUT2D eigenvalue weighted by molar-refractivity contribution is -0.123. The molecule has 4 rings (SSSR count). The number of carbonyl (C=O) groups is 2. The van der Waals surface area contributed by atoms with E-state index in [9.17, 15) is 14.9 Å². The summed E-state index contributed by atoms with van der Waals surface area (Å²) in [6.07, 6.45) is 4.24. The number of nitrogens with two attached hydrogens (primary N) is 1. The maximum absolute atomic E-state index is 12.6. The van der Waals surface area contributed by atoms with E-state index in [1.165, 1.54) is 6.20 Å². The van der Waals surface area contributed by atoms with E-state index in [0.717, 1.165) is 54.0 Å². The molecule has 2 amide bonds. The molecule has 1 saturated heterocycles. The highest BCUT2D eigenvalue weighted by atomic mass is 16.2. The van der Waals surface area contributed by atoms with Crippen molar-refractivity contribution in [1.29, 1.82) is 5.26 Å². The van der Waals surface area contributed by atoms with Gasteiger partial charge in [0.15, 0.2) is 5.65 Å². The fourth-order valence-corrected chi connectivity index (χ4v) is 4.81. The molecule has 1 atom stereocenters. The smallest absolute Gasteiger partial charge is 0.221 e. The van der Waals surface area contributed by atoms with Crippen LogP contribution in [-0.4, -0.2) is 44.4 Å². The summed E-state index contributed by atoms with van der Waals surface area (Å²) >= 11 is 0. The van der Waals surface area contributed by atoms with E-state index >= 15 is 0 Å². The van der Waals surface area contributed by atoms with Crippen LogP contribution in [0.4, 0.5) is 0 Å². The van der Waals surface area contributed by atoms with Gasteiger partial charge in [-0.05, 0) is 56.3 Å². The highest BCUT2D eigenvalue weighted by Crippen LogP contribution is 2.20. The molecule has 182 valence electrons. The minimum absolute atomic E-state index is 0.0344. The predicted octanol–water partition coefficient (Wildman–Crippen LogP) is 2.16. The van der Waals surface area contributed by atoms with Gasteiger partial charge in [-0.15, -0.1) is 0 Å². The number of amides is 2.